The van der Waals surface area contributed by atoms with Crippen LogP contribution in [0.1, 0.15) is 11.4 Å². The number of pyridine rings is 1. The first-order valence-corrected chi connectivity index (χ1v) is 6.75. The van der Waals surface area contributed by atoms with E-state index < -0.39 is 0 Å². The first-order chi connectivity index (χ1) is 9.20. The number of aryl methyl sites for hydroxylation is 2. The van der Waals surface area contributed by atoms with Gasteiger partial charge < -0.3 is 0 Å². The van der Waals surface area contributed by atoms with E-state index in [0.29, 0.717) is 0 Å². The molecule has 0 aliphatic rings. The fraction of sp³-hybridized carbons (Fsp3) is 0.143. The molecule has 0 saturated heterocycles. The maximum atomic E-state index is 12.8. The van der Waals surface area contributed by atoms with Gasteiger partial charge in [0.05, 0.1) is 0 Å². The van der Waals surface area contributed by atoms with Crippen molar-refractivity contribution in [2.24, 2.45) is 0 Å². The second-order valence-corrected chi connectivity index (χ2v) is 5.22. The van der Waals surface area contributed by atoms with E-state index >= 15 is 0 Å². The van der Waals surface area contributed by atoms with Crippen molar-refractivity contribution >= 4 is 21.6 Å². The van der Waals surface area contributed by atoms with Crippen LogP contribution >= 0.6 is 15.9 Å². The molecule has 1 aromatic carbocycles. The Morgan fingerprint density at radius 2 is 1.89 bits per heavy atom. The second-order valence-electron chi connectivity index (χ2n) is 4.30. The topological polar surface area (TPSA) is 30.2 Å². The highest BCUT2D eigenvalue weighted by Crippen LogP contribution is 2.12. The Hall–Kier alpha value is -1.75. The van der Waals surface area contributed by atoms with Crippen LogP contribution in [-0.2, 0) is 12.8 Å². The number of fused-ring (bicyclic) bond motifs is 1. The van der Waals surface area contributed by atoms with Gasteiger partial charge in [0.25, 0.3) is 0 Å². The Labute approximate surface area is 118 Å². The Morgan fingerprint density at radius 3 is 2.68 bits per heavy atom. The van der Waals surface area contributed by atoms with E-state index in [2.05, 4.69) is 26.0 Å². The maximum absolute atomic E-state index is 12.8. The van der Waals surface area contributed by atoms with E-state index in [4.69, 9.17) is 0 Å². The Balaban J connectivity index is 1.76. The molecule has 0 N–H and O–H groups in total. The molecule has 0 saturated carbocycles. The number of hydrogen-bond acceptors (Lipinski definition) is 2. The highest BCUT2D eigenvalue weighted by atomic mass is 79.9. The van der Waals surface area contributed by atoms with E-state index in [-0.39, 0.29) is 5.82 Å². The normalized spacial score (nSPS) is 11.1. The molecule has 2 aromatic heterocycles. The molecule has 0 spiro atoms. The maximum Gasteiger partial charge on any atom is 0.156 e. The van der Waals surface area contributed by atoms with Crippen LogP contribution in [-0.4, -0.2) is 14.6 Å². The van der Waals surface area contributed by atoms with Gasteiger partial charge in [-0.25, -0.2) is 13.9 Å². The largest absolute Gasteiger partial charge is 0.221 e. The van der Waals surface area contributed by atoms with Gasteiger partial charge in [-0.2, -0.15) is 5.10 Å². The lowest BCUT2D eigenvalue weighted by molar-refractivity contribution is 0.627. The van der Waals surface area contributed by atoms with E-state index in [1.165, 1.54) is 12.1 Å². The first kappa shape index (κ1) is 12.3. The molecule has 3 rings (SSSR count). The van der Waals surface area contributed by atoms with Crippen molar-refractivity contribution in [3.05, 3.63) is 64.3 Å². The summed E-state index contributed by atoms with van der Waals surface area (Å²) in [6.07, 6.45) is 3.41. The quantitative estimate of drug-likeness (QED) is 0.740. The van der Waals surface area contributed by atoms with Gasteiger partial charge in [-0.3, -0.25) is 0 Å². The molecular formula is C14H11BrFN3. The molecule has 3 nitrogen and oxygen atoms in total. The Morgan fingerprint density at radius 1 is 1.11 bits per heavy atom. The molecule has 0 aliphatic carbocycles. The zero-order chi connectivity index (χ0) is 13.2. The molecule has 0 aliphatic heterocycles. The summed E-state index contributed by atoms with van der Waals surface area (Å²) in [4.78, 5) is 4.45. The standard InChI is InChI=1S/C14H11BrFN3/c15-11-7-8-19-14(9-11)17-13(18-19)6-3-10-1-4-12(16)5-2-10/h1-2,4-5,7-9H,3,6H2. The average molecular weight is 320 g/mol. The van der Waals surface area contributed by atoms with Crippen molar-refractivity contribution < 1.29 is 4.39 Å². The van der Waals surface area contributed by atoms with Gasteiger partial charge in [-0.1, -0.05) is 28.1 Å². The minimum absolute atomic E-state index is 0.209. The molecule has 0 bridgehead atoms. The molecule has 0 fully saturated rings. The van der Waals surface area contributed by atoms with Crippen LogP contribution in [0.25, 0.3) is 5.65 Å². The van der Waals surface area contributed by atoms with Crippen LogP contribution in [0.4, 0.5) is 4.39 Å². The second kappa shape index (κ2) is 5.09. The molecule has 2 heterocycles. The molecule has 0 radical (unpaired) electrons. The summed E-state index contributed by atoms with van der Waals surface area (Å²) in [6, 6.07) is 10.4. The summed E-state index contributed by atoms with van der Waals surface area (Å²) < 4.78 is 15.5. The number of hydrogen-bond donors (Lipinski definition) is 0. The van der Waals surface area contributed by atoms with Crippen LogP contribution in [0.2, 0.25) is 0 Å². The van der Waals surface area contributed by atoms with Crippen molar-refractivity contribution in [1.29, 1.82) is 0 Å². The van der Waals surface area contributed by atoms with E-state index in [0.717, 1.165) is 34.3 Å². The van der Waals surface area contributed by atoms with Gasteiger partial charge in [0.2, 0.25) is 0 Å². The van der Waals surface area contributed by atoms with Crippen LogP contribution in [0, 0.1) is 5.82 Å². The average Bonchev–Trinajstić information content (AvgIpc) is 2.80. The third-order valence-electron chi connectivity index (χ3n) is 2.89. The van der Waals surface area contributed by atoms with Gasteiger partial charge in [0.1, 0.15) is 5.82 Å². The van der Waals surface area contributed by atoms with Gasteiger partial charge in [-0.15, -0.1) is 0 Å². The van der Waals surface area contributed by atoms with Gasteiger partial charge in [-0.05, 0) is 36.2 Å². The zero-order valence-electron chi connectivity index (χ0n) is 10.1. The summed E-state index contributed by atoms with van der Waals surface area (Å²) in [7, 11) is 0. The first-order valence-electron chi connectivity index (χ1n) is 5.96. The molecule has 19 heavy (non-hydrogen) atoms. The number of aromatic nitrogens is 3. The van der Waals surface area contributed by atoms with Crippen molar-refractivity contribution in [3.63, 3.8) is 0 Å². The predicted molar refractivity (Wildman–Crippen MR) is 74.5 cm³/mol. The van der Waals surface area contributed by atoms with Crippen molar-refractivity contribution in [2.45, 2.75) is 12.8 Å². The van der Waals surface area contributed by atoms with Gasteiger partial charge >= 0.3 is 0 Å². The zero-order valence-corrected chi connectivity index (χ0v) is 11.6. The Kier molecular flexibility index (Phi) is 3.29. The summed E-state index contributed by atoms with van der Waals surface area (Å²) in [5.74, 6) is 0.585. The molecule has 0 unspecified atom stereocenters. The number of nitrogens with zero attached hydrogens (tertiary/aromatic N) is 3. The summed E-state index contributed by atoms with van der Waals surface area (Å²) >= 11 is 3.41. The SMILES string of the molecule is Fc1ccc(CCc2nc3cc(Br)ccn3n2)cc1. The molecule has 5 heteroatoms. The van der Waals surface area contributed by atoms with Crippen molar-refractivity contribution in [3.8, 4) is 0 Å². The predicted octanol–water partition coefficient (Wildman–Crippen LogP) is 3.42. The highest BCUT2D eigenvalue weighted by Gasteiger charge is 2.04. The monoisotopic (exact) mass is 319 g/mol. The summed E-state index contributed by atoms with van der Waals surface area (Å²) in [5, 5.41) is 4.40. The van der Waals surface area contributed by atoms with Gasteiger partial charge in [0.15, 0.2) is 11.5 Å². The van der Waals surface area contributed by atoms with Crippen molar-refractivity contribution in [1.82, 2.24) is 14.6 Å². The highest BCUT2D eigenvalue weighted by molar-refractivity contribution is 9.10. The number of halogens is 2. The minimum atomic E-state index is -0.209. The Bertz CT molecular complexity index is 706. The molecule has 0 amide bonds. The minimum Gasteiger partial charge on any atom is -0.221 e. The molecule has 96 valence electrons. The fourth-order valence-electron chi connectivity index (χ4n) is 1.92. The van der Waals surface area contributed by atoms with Crippen LogP contribution in [0.15, 0.2) is 47.1 Å². The van der Waals surface area contributed by atoms with Gasteiger partial charge in [0, 0.05) is 17.1 Å². The van der Waals surface area contributed by atoms with Crippen LogP contribution in [0.3, 0.4) is 0 Å². The number of benzene rings is 1. The summed E-state index contributed by atoms with van der Waals surface area (Å²) in [5.41, 5.74) is 1.91. The molecule has 0 atom stereocenters. The lowest BCUT2D eigenvalue weighted by Gasteiger charge is -1.97. The third-order valence-corrected chi connectivity index (χ3v) is 3.39. The lowest BCUT2D eigenvalue weighted by Crippen LogP contribution is -1.94. The van der Waals surface area contributed by atoms with Crippen LogP contribution < -0.4 is 0 Å². The summed E-state index contributed by atoms with van der Waals surface area (Å²) in [6.45, 7) is 0. The third kappa shape index (κ3) is 2.81. The van der Waals surface area contributed by atoms with E-state index in [1.807, 2.05) is 18.3 Å². The lowest BCUT2D eigenvalue weighted by atomic mass is 10.1. The van der Waals surface area contributed by atoms with E-state index in [1.54, 1.807) is 16.6 Å². The molecular weight excluding hydrogens is 309 g/mol. The van der Waals surface area contributed by atoms with E-state index in [9.17, 15) is 4.39 Å². The van der Waals surface area contributed by atoms with Crippen molar-refractivity contribution in [2.75, 3.05) is 0 Å². The fourth-order valence-corrected chi connectivity index (χ4v) is 2.24. The number of rotatable bonds is 3. The molecule has 3 aromatic rings. The smallest absolute Gasteiger partial charge is 0.156 e. The van der Waals surface area contributed by atoms with Crippen LogP contribution in [0.5, 0.6) is 0 Å².